The molecule has 1 aliphatic carbocycles. The average Bonchev–Trinajstić information content (AvgIpc) is 1.59. The lowest BCUT2D eigenvalue weighted by Crippen LogP contribution is -1.95. The molecule has 0 saturated heterocycles. The Morgan fingerprint density at radius 2 is 0.587 bits per heavy atom. The maximum Gasteiger partial charge on any atom is 0.335 e. The van der Waals surface area contributed by atoms with Crippen molar-refractivity contribution in [2.75, 3.05) is 28.4 Å². The Labute approximate surface area is 625 Å². The van der Waals surface area contributed by atoms with E-state index in [-0.39, 0.29) is 22.7 Å². The number of fused-ring (bicyclic) bond motifs is 3. The van der Waals surface area contributed by atoms with Gasteiger partial charge in [-0.3, -0.25) is 4.79 Å². The Balaban J connectivity index is 0.000000144. The number of carbonyl (C=O) groups excluding carboxylic acids is 1. The van der Waals surface area contributed by atoms with Crippen molar-refractivity contribution in [1.82, 2.24) is 39.9 Å². The van der Waals surface area contributed by atoms with Gasteiger partial charge in [-0.2, -0.15) is 0 Å². The van der Waals surface area contributed by atoms with E-state index in [2.05, 4.69) is 44.2 Å². The van der Waals surface area contributed by atoms with Crippen LogP contribution in [0.1, 0.15) is 36.6 Å². The van der Waals surface area contributed by atoms with Crippen LogP contribution in [0.25, 0.3) is 147 Å². The number of methoxy groups -OCH3 is 4. The molecule has 18 heteroatoms. The number of nitrogens with zero attached hydrogens (tertiary/aromatic N) is 4. The summed E-state index contributed by atoms with van der Waals surface area (Å²) < 4.78 is 35.1. The maximum atomic E-state index is 13.8. The summed E-state index contributed by atoms with van der Waals surface area (Å²) in [7, 11) is 6.52. The summed E-state index contributed by atoms with van der Waals surface area (Å²) in [5.41, 5.74) is 20.2. The quantitative estimate of drug-likeness (QED) is 0.0469. The number of benzene rings is 12. The highest BCUT2D eigenvalue weighted by molar-refractivity contribution is 6.22. The lowest BCUT2D eigenvalue weighted by atomic mass is 9.97. The van der Waals surface area contributed by atoms with E-state index in [0.29, 0.717) is 51.5 Å². The third-order valence-corrected chi connectivity index (χ3v) is 18.7. The van der Waals surface area contributed by atoms with Crippen LogP contribution in [0.2, 0.25) is 0 Å². The number of carbonyl (C=O) groups is 3. The zero-order valence-electron chi connectivity index (χ0n) is 59.2. The molecule has 0 fully saturated rings. The van der Waals surface area contributed by atoms with Crippen LogP contribution >= 0.6 is 0 Å². The Morgan fingerprint density at radius 1 is 0.294 bits per heavy atom. The fourth-order valence-corrected chi connectivity index (χ4v) is 13.2. The number of aromatic amines is 4. The minimum absolute atomic E-state index is 0.0604. The first kappa shape index (κ1) is 69.9. The average molecular weight is 1440 g/mol. The van der Waals surface area contributed by atoms with E-state index < -0.39 is 11.9 Å². The molecule has 0 atom stereocenters. The van der Waals surface area contributed by atoms with Crippen molar-refractivity contribution in [3.05, 3.63) is 325 Å². The predicted molar refractivity (Wildman–Crippen MR) is 422 cm³/mol. The van der Waals surface area contributed by atoms with E-state index in [1.54, 1.807) is 89.1 Å². The largest absolute Gasteiger partial charge is 0.497 e. The summed E-state index contributed by atoms with van der Waals surface area (Å²) in [5, 5.41) is 18.8. The second kappa shape index (κ2) is 30.9. The zero-order valence-corrected chi connectivity index (χ0v) is 59.2. The molecule has 109 heavy (non-hydrogen) atoms. The molecule has 0 unspecified atom stereocenters. The molecule has 16 aromatic rings. The fraction of sp³-hybridized carbons (Fsp3) is 0.0440. The molecule has 532 valence electrons. The van der Waals surface area contributed by atoms with E-state index in [9.17, 15) is 29.0 Å². The number of hydrogen-bond acceptors (Lipinski definition) is 11. The SMILES string of the molecule is COc1ccc(-c2nc(-c3ccccc3)c(-c3ccc(F)cc3)[nH]2)c(OC)c1.COc1ccc(-c2nc(-c3ccccc3)c(-c3ccccc3)[nH]2)c(OC)c1.O=C(O)c1ccc(-c2nc(-c3ccc4c(c3)-c3cc(-c5[nH]c(-c6ccc(C(=O)O)cc6)nc5-c5ccccc5)ccc3C4=O)c(-c3ccccc3)[nH]2)cc1. The third kappa shape index (κ3) is 14.5. The molecule has 4 heterocycles. The Bertz CT molecular complexity index is 5740. The Kier molecular flexibility index (Phi) is 19.8. The number of ether oxygens (including phenoxy) is 4. The number of carboxylic acid groups (broad SMARTS) is 2. The molecular formula is C91H67FN8O9. The molecule has 0 radical (unpaired) electrons. The highest BCUT2D eigenvalue weighted by atomic mass is 19.1. The zero-order chi connectivity index (χ0) is 75.1. The standard InChI is InChI=1S/C45H28N4O5.C23H19FN2O2.C23H20N2O2/c50-41-33-21-19-31(39-37(25-7-3-1-4-8-25)46-42(48-39)27-11-15-29(16-12-27)44(51)52)23-35(33)36-24-32(20-22-34(36)41)40-38(26-9-5-2-6-10-26)47-43(49-40)28-13-17-30(18-14-28)45(53)54;1-27-18-12-13-19(20(14-18)28-2)23-25-21(15-6-4-3-5-7-15)22(26-23)16-8-10-17(24)11-9-16;1-26-18-13-14-19(20(15-18)27-2)23-24-21(16-9-5-3-6-10-16)22(25-23)17-11-7-4-8-12-17/h1-24H,(H,46,48)(H,47,49)(H,51,52)(H,53,54);3-14H,1-2H3,(H,25,26);3-15H,1-2H3,(H,24,25). The molecule has 17 rings (SSSR count). The number of ketones is 1. The highest BCUT2D eigenvalue weighted by Gasteiger charge is 2.30. The van der Waals surface area contributed by atoms with Gasteiger partial charge in [0.15, 0.2) is 5.78 Å². The number of carboxylic acids is 2. The van der Waals surface area contributed by atoms with Crippen LogP contribution < -0.4 is 18.9 Å². The number of rotatable bonds is 18. The third-order valence-electron chi connectivity index (χ3n) is 18.7. The minimum Gasteiger partial charge on any atom is -0.497 e. The fourth-order valence-electron chi connectivity index (χ4n) is 13.2. The Hall–Kier alpha value is -14.8. The van der Waals surface area contributed by atoms with Crippen molar-refractivity contribution < 1.29 is 47.9 Å². The van der Waals surface area contributed by atoms with Gasteiger partial charge in [0.05, 0.1) is 96.2 Å². The summed E-state index contributed by atoms with van der Waals surface area (Å²) >= 11 is 0. The molecule has 0 aliphatic heterocycles. The lowest BCUT2D eigenvalue weighted by molar-refractivity contribution is 0.0686. The van der Waals surface area contributed by atoms with Crippen molar-refractivity contribution in [3.63, 3.8) is 0 Å². The molecule has 6 N–H and O–H groups in total. The number of hydrogen-bond donors (Lipinski definition) is 6. The topological polar surface area (TPSA) is 243 Å². The molecule has 1 aliphatic rings. The molecule has 0 bridgehead atoms. The number of nitrogens with one attached hydrogen (secondary N) is 4. The second-order valence-corrected chi connectivity index (χ2v) is 25.3. The van der Waals surface area contributed by atoms with Crippen LogP contribution in [-0.4, -0.2) is 96.2 Å². The normalized spacial score (nSPS) is 11.1. The molecular weight excluding hydrogens is 1370 g/mol. The van der Waals surface area contributed by atoms with E-state index in [0.717, 1.165) is 129 Å². The van der Waals surface area contributed by atoms with Crippen LogP contribution in [0.5, 0.6) is 23.0 Å². The number of imidazole rings is 4. The molecule has 0 spiro atoms. The Morgan fingerprint density at radius 3 is 0.954 bits per heavy atom. The van der Waals surface area contributed by atoms with Crippen LogP contribution in [0, 0.1) is 5.82 Å². The van der Waals surface area contributed by atoms with Crippen LogP contribution in [0.3, 0.4) is 0 Å². The summed E-state index contributed by atoms with van der Waals surface area (Å²) in [6.45, 7) is 0. The maximum absolute atomic E-state index is 13.8. The van der Waals surface area contributed by atoms with E-state index >= 15 is 0 Å². The van der Waals surface area contributed by atoms with Gasteiger partial charge in [0.2, 0.25) is 0 Å². The summed E-state index contributed by atoms with van der Waals surface area (Å²) in [5.74, 6) is 3.06. The summed E-state index contributed by atoms with van der Waals surface area (Å²) in [6.07, 6.45) is 0. The predicted octanol–water partition coefficient (Wildman–Crippen LogP) is 20.7. The van der Waals surface area contributed by atoms with Gasteiger partial charge in [-0.25, -0.2) is 33.9 Å². The van der Waals surface area contributed by atoms with E-state index in [4.69, 9.17) is 38.9 Å². The van der Waals surface area contributed by atoms with Gasteiger partial charge in [-0.1, -0.05) is 188 Å². The van der Waals surface area contributed by atoms with E-state index in [1.807, 2.05) is 200 Å². The molecule has 12 aromatic carbocycles. The van der Waals surface area contributed by atoms with Gasteiger partial charge < -0.3 is 49.1 Å². The monoisotopic (exact) mass is 1430 g/mol. The molecule has 0 amide bonds. The highest BCUT2D eigenvalue weighted by Crippen LogP contribution is 2.45. The summed E-state index contributed by atoms with van der Waals surface area (Å²) in [6, 6.07) is 92.3. The van der Waals surface area contributed by atoms with Gasteiger partial charge >= 0.3 is 11.9 Å². The lowest BCUT2D eigenvalue weighted by Gasteiger charge is -2.08. The molecule has 4 aromatic heterocycles. The van der Waals surface area contributed by atoms with Crippen LogP contribution in [0.15, 0.2) is 297 Å². The number of aromatic carboxylic acids is 2. The van der Waals surface area contributed by atoms with Crippen molar-refractivity contribution in [3.8, 4) is 170 Å². The van der Waals surface area contributed by atoms with Crippen molar-refractivity contribution in [2.24, 2.45) is 0 Å². The van der Waals surface area contributed by atoms with Crippen molar-refractivity contribution in [2.45, 2.75) is 0 Å². The van der Waals surface area contributed by atoms with Crippen molar-refractivity contribution >= 4 is 17.7 Å². The van der Waals surface area contributed by atoms with Gasteiger partial charge in [0.25, 0.3) is 0 Å². The van der Waals surface area contributed by atoms with Crippen LogP contribution in [0.4, 0.5) is 4.39 Å². The van der Waals surface area contributed by atoms with Crippen LogP contribution in [-0.2, 0) is 0 Å². The molecule has 17 nitrogen and oxygen atoms in total. The van der Waals surface area contributed by atoms with Gasteiger partial charge in [0, 0.05) is 78.9 Å². The number of aromatic nitrogens is 8. The first-order chi connectivity index (χ1) is 53.3. The molecule has 0 saturated carbocycles. The van der Waals surface area contributed by atoms with Gasteiger partial charge in [-0.05, 0) is 108 Å². The first-order valence-electron chi connectivity index (χ1n) is 34.7. The summed E-state index contributed by atoms with van der Waals surface area (Å²) in [4.78, 5) is 70.3. The van der Waals surface area contributed by atoms with Gasteiger partial charge in [-0.15, -0.1) is 0 Å². The number of halogens is 1. The smallest absolute Gasteiger partial charge is 0.335 e. The minimum atomic E-state index is -1.00. The van der Waals surface area contributed by atoms with E-state index in [1.165, 1.54) is 12.1 Å². The van der Waals surface area contributed by atoms with Crippen molar-refractivity contribution in [1.29, 1.82) is 0 Å². The van der Waals surface area contributed by atoms with Gasteiger partial charge in [0.1, 0.15) is 52.1 Å². The number of H-pyrrole nitrogens is 4. The first-order valence-corrected chi connectivity index (χ1v) is 34.7. The second-order valence-electron chi connectivity index (χ2n) is 25.3.